The van der Waals surface area contributed by atoms with Gasteiger partial charge in [-0.3, -0.25) is 4.79 Å². The molecule has 1 atom stereocenters. The normalized spacial score (nSPS) is 15.9. The molecule has 0 saturated heterocycles. The van der Waals surface area contributed by atoms with Gasteiger partial charge in [0, 0.05) is 7.11 Å². The van der Waals surface area contributed by atoms with Crippen LogP contribution in [-0.2, 0) is 14.3 Å². The summed E-state index contributed by atoms with van der Waals surface area (Å²) in [6, 6.07) is 6.25. The molecule has 110 valence electrons. The third kappa shape index (κ3) is 4.58. The SMILES string of the molecule is COCCOCC(=O)NC(c1ccc(F)cc1)C1CC1. The lowest BCUT2D eigenvalue weighted by molar-refractivity contribution is -0.127. The van der Waals surface area contributed by atoms with E-state index in [4.69, 9.17) is 9.47 Å². The summed E-state index contributed by atoms with van der Waals surface area (Å²) < 4.78 is 23.0. The summed E-state index contributed by atoms with van der Waals surface area (Å²) >= 11 is 0. The molecule has 0 aliphatic heterocycles. The molecule has 4 nitrogen and oxygen atoms in total. The van der Waals surface area contributed by atoms with Crippen molar-refractivity contribution in [3.8, 4) is 0 Å². The first-order chi connectivity index (χ1) is 9.70. The summed E-state index contributed by atoms with van der Waals surface area (Å²) in [6.07, 6.45) is 2.18. The van der Waals surface area contributed by atoms with Crippen molar-refractivity contribution in [1.82, 2.24) is 5.32 Å². The van der Waals surface area contributed by atoms with Gasteiger partial charge >= 0.3 is 0 Å². The number of ether oxygens (including phenoxy) is 2. The van der Waals surface area contributed by atoms with E-state index in [1.54, 1.807) is 19.2 Å². The maximum atomic E-state index is 12.9. The highest BCUT2D eigenvalue weighted by atomic mass is 19.1. The summed E-state index contributed by atoms with van der Waals surface area (Å²) in [4.78, 5) is 11.8. The molecule has 0 spiro atoms. The van der Waals surface area contributed by atoms with Crippen LogP contribution in [0.2, 0.25) is 0 Å². The van der Waals surface area contributed by atoms with E-state index < -0.39 is 0 Å². The molecule has 0 bridgehead atoms. The van der Waals surface area contributed by atoms with E-state index in [9.17, 15) is 9.18 Å². The number of carbonyl (C=O) groups excluding carboxylic acids is 1. The van der Waals surface area contributed by atoms with Crippen molar-refractivity contribution in [2.45, 2.75) is 18.9 Å². The topological polar surface area (TPSA) is 47.6 Å². The Bertz CT molecular complexity index is 431. The van der Waals surface area contributed by atoms with Crippen LogP contribution in [0.25, 0.3) is 0 Å². The van der Waals surface area contributed by atoms with Crippen LogP contribution in [-0.4, -0.2) is 32.8 Å². The number of rotatable bonds is 8. The zero-order chi connectivity index (χ0) is 14.4. The molecule has 0 heterocycles. The summed E-state index contributed by atoms with van der Waals surface area (Å²) in [5.41, 5.74) is 0.944. The fraction of sp³-hybridized carbons (Fsp3) is 0.533. The average molecular weight is 281 g/mol. The van der Waals surface area contributed by atoms with Gasteiger partial charge in [-0.05, 0) is 36.5 Å². The number of hydrogen-bond acceptors (Lipinski definition) is 3. The largest absolute Gasteiger partial charge is 0.382 e. The molecule has 1 fully saturated rings. The predicted octanol–water partition coefficient (Wildman–Crippen LogP) is 2.06. The number of halogens is 1. The molecule has 5 heteroatoms. The molecule has 1 aliphatic carbocycles. The number of nitrogens with one attached hydrogen (secondary N) is 1. The van der Waals surface area contributed by atoms with Crippen molar-refractivity contribution >= 4 is 5.91 Å². The Balaban J connectivity index is 1.86. The third-order valence-corrected chi connectivity index (χ3v) is 3.30. The summed E-state index contributed by atoms with van der Waals surface area (Å²) in [5.74, 6) is 0.0308. The van der Waals surface area contributed by atoms with Gasteiger partial charge in [-0.25, -0.2) is 4.39 Å². The molecular weight excluding hydrogens is 261 g/mol. The fourth-order valence-corrected chi connectivity index (χ4v) is 2.10. The quantitative estimate of drug-likeness (QED) is 0.742. The molecule has 1 saturated carbocycles. The van der Waals surface area contributed by atoms with Gasteiger partial charge in [0.25, 0.3) is 0 Å². The van der Waals surface area contributed by atoms with Gasteiger partial charge in [-0.2, -0.15) is 0 Å². The third-order valence-electron chi connectivity index (χ3n) is 3.30. The van der Waals surface area contributed by atoms with Crippen LogP contribution in [0.5, 0.6) is 0 Å². The first-order valence-electron chi connectivity index (χ1n) is 6.82. The number of amides is 1. The standard InChI is InChI=1S/C15H20FNO3/c1-19-8-9-20-10-14(18)17-15(11-2-3-11)12-4-6-13(16)7-5-12/h4-7,11,15H,2-3,8-10H2,1H3,(H,17,18). The molecule has 1 aromatic carbocycles. The van der Waals surface area contributed by atoms with Crippen LogP contribution >= 0.6 is 0 Å². The average Bonchev–Trinajstić information content (AvgIpc) is 3.27. The minimum absolute atomic E-state index is 0.0216. The van der Waals surface area contributed by atoms with Crippen LogP contribution in [0.15, 0.2) is 24.3 Å². The van der Waals surface area contributed by atoms with Gasteiger partial charge < -0.3 is 14.8 Å². The van der Waals surface area contributed by atoms with E-state index in [-0.39, 0.29) is 24.4 Å². The van der Waals surface area contributed by atoms with Gasteiger partial charge in [0.15, 0.2) is 0 Å². The zero-order valence-electron chi connectivity index (χ0n) is 11.6. The molecule has 1 aliphatic rings. The van der Waals surface area contributed by atoms with E-state index in [1.165, 1.54) is 12.1 Å². The number of benzene rings is 1. The van der Waals surface area contributed by atoms with Crippen molar-refractivity contribution < 1.29 is 18.7 Å². The van der Waals surface area contributed by atoms with Gasteiger partial charge in [0.1, 0.15) is 12.4 Å². The summed E-state index contributed by atoms with van der Waals surface area (Å²) in [5, 5.41) is 2.96. The van der Waals surface area contributed by atoms with E-state index >= 15 is 0 Å². The molecule has 2 rings (SSSR count). The molecular formula is C15H20FNO3. The Morgan fingerprint density at radius 2 is 2.05 bits per heavy atom. The minimum Gasteiger partial charge on any atom is -0.382 e. The Kier molecular flexibility index (Phi) is 5.49. The van der Waals surface area contributed by atoms with Gasteiger partial charge in [-0.1, -0.05) is 12.1 Å². The predicted molar refractivity (Wildman–Crippen MR) is 72.7 cm³/mol. The van der Waals surface area contributed by atoms with Crippen LogP contribution in [0, 0.1) is 11.7 Å². The smallest absolute Gasteiger partial charge is 0.246 e. The Morgan fingerprint density at radius 3 is 2.65 bits per heavy atom. The van der Waals surface area contributed by atoms with Crippen molar-refractivity contribution in [3.63, 3.8) is 0 Å². The van der Waals surface area contributed by atoms with E-state index in [1.807, 2.05) is 0 Å². The number of carbonyl (C=O) groups is 1. The zero-order valence-corrected chi connectivity index (χ0v) is 11.6. The Morgan fingerprint density at radius 1 is 1.35 bits per heavy atom. The Hall–Kier alpha value is -1.46. The van der Waals surface area contributed by atoms with Crippen molar-refractivity contribution in [2.24, 2.45) is 5.92 Å². The van der Waals surface area contributed by atoms with Crippen molar-refractivity contribution in [3.05, 3.63) is 35.6 Å². The fourth-order valence-electron chi connectivity index (χ4n) is 2.10. The molecule has 1 N–H and O–H groups in total. The maximum Gasteiger partial charge on any atom is 0.246 e. The second-order valence-electron chi connectivity index (χ2n) is 4.98. The number of hydrogen-bond donors (Lipinski definition) is 1. The number of methoxy groups -OCH3 is 1. The highest BCUT2D eigenvalue weighted by Gasteiger charge is 2.33. The molecule has 0 aromatic heterocycles. The van der Waals surface area contributed by atoms with Gasteiger partial charge in [0.05, 0.1) is 19.3 Å². The highest BCUT2D eigenvalue weighted by molar-refractivity contribution is 5.77. The van der Waals surface area contributed by atoms with E-state index in [0.717, 1.165) is 18.4 Å². The summed E-state index contributed by atoms with van der Waals surface area (Å²) in [7, 11) is 1.58. The maximum absolute atomic E-state index is 12.9. The lowest BCUT2D eigenvalue weighted by Crippen LogP contribution is -2.33. The lowest BCUT2D eigenvalue weighted by atomic mass is 10.0. The first-order valence-corrected chi connectivity index (χ1v) is 6.82. The van der Waals surface area contributed by atoms with Crippen LogP contribution in [0.1, 0.15) is 24.4 Å². The van der Waals surface area contributed by atoms with E-state index in [0.29, 0.717) is 19.1 Å². The van der Waals surface area contributed by atoms with E-state index in [2.05, 4.69) is 5.32 Å². The van der Waals surface area contributed by atoms with Gasteiger partial charge in [0.2, 0.25) is 5.91 Å². The highest BCUT2D eigenvalue weighted by Crippen LogP contribution is 2.40. The molecule has 1 amide bonds. The molecule has 1 unspecified atom stereocenters. The lowest BCUT2D eigenvalue weighted by Gasteiger charge is -2.19. The van der Waals surface area contributed by atoms with Crippen molar-refractivity contribution in [1.29, 1.82) is 0 Å². The summed E-state index contributed by atoms with van der Waals surface area (Å²) in [6.45, 7) is 0.889. The second-order valence-corrected chi connectivity index (χ2v) is 4.98. The second kappa shape index (κ2) is 7.36. The minimum atomic E-state index is -0.266. The Labute approximate surface area is 118 Å². The monoisotopic (exact) mass is 281 g/mol. The van der Waals surface area contributed by atoms with Crippen molar-refractivity contribution in [2.75, 3.05) is 26.9 Å². The molecule has 0 radical (unpaired) electrons. The first kappa shape index (κ1) is 14.9. The molecule has 20 heavy (non-hydrogen) atoms. The van der Waals surface area contributed by atoms with Crippen LogP contribution in [0.4, 0.5) is 4.39 Å². The van der Waals surface area contributed by atoms with Crippen LogP contribution < -0.4 is 5.32 Å². The van der Waals surface area contributed by atoms with Gasteiger partial charge in [-0.15, -0.1) is 0 Å². The van der Waals surface area contributed by atoms with Crippen LogP contribution in [0.3, 0.4) is 0 Å². The molecule has 1 aromatic rings.